The molecule has 6 nitrogen and oxygen atoms in total. The fourth-order valence-electron chi connectivity index (χ4n) is 2.77. The number of aromatic nitrogens is 2. The van der Waals surface area contributed by atoms with Crippen molar-refractivity contribution < 1.29 is 13.8 Å². The number of benzene rings is 2. The van der Waals surface area contributed by atoms with Crippen molar-refractivity contribution in [3.05, 3.63) is 65.4 Å². The van der Waals surface area contributed by atoms with E-state index in [1.54, 1.807) is 0 Å². The summed E-state index contributed by atoms with van der Waals surface area (Å²) in [5, 5.41) is 11.3. The second-order valence-corrected chi connectivity index (χ2v) is 5.84. The lowest BCUT2D eigenvalue weighted by Crippen LogP contribution is -2.13. The van der Waals surface area contributed by atoms with Gasteiger partial charge in [0, 0.05) is 16.5 Å². The number of nitrogens with zero attached hydrogens (tertiary/aromatic N) is 2. The Morgan fingerprint density at radius 2 is 1.84 bits per heavy atom. The SMILES string of the molecule is Cc1ccc2c(C)c(C(=O)Nc3nonc3-c3ccccc3)oc2c1. The van der Waals surface area contributed by atoms with Crippen LogP contribution in [0.1, 0.15) is 21.7 Å². The minimum absolute atomic E-state index is 0.252. The van der Waals surface area contributed by atoms with Gasteiger partial charge in [0.25, 0.3) is 5.91 Å². The molecule has 0 aliphatic rings. The average Bonchev–Trinajstić information content (AvgIpc) is 3.20. The smallest absolute Gasteiger partial charge is 0.292 e. The van der Waals surface area contributed by atoms with Crippen molar-refractivity contribution >= 4 is 22.7 Å². The van der Waals surface area contributed by atoms with Crippen LogP contribution in [0.25, 0.3) is 22.2 Å². The molecule has 0 spiro atoms. The van der Waals surface area contributed by atoms with Crippen LogP contribution in [0.3, 0.4) is 0 Å². The zero-order chi connectivity index (χ0) is 17.4. The molecule has 1 N–H and O–H groups in total. The number of rotatable bonds is 3. The molecule has 4 aromatic rings. The highest BCUT2D eigenvalue weighted by Crippen LogP contribution is 2.28. The zero-order valence-corrected chi connectivity index (χ0v) is 13.7. The van der Waals surface area contributed by atoms with Crippen LogP contribution in [0.15, 0.2) is 57.6 Å². The Morgan fingerprint density at radius 3 is 2.64 bits per heavy atom. The van der Waals surface area contributed by atoms with E-state index in [2.05, 4.69) is 15.6 Å². The topological polar surface area (TPSA) is 81.2 Å². The number of carbonyl (C=O) groups is 1. The fourth-order valence-corrected chi connectivity index (χ4v) is 2.77. The molecule has 0 unspecified atom stereocenters. The van der Waals surface area contributed by atoms with E-state index in [-0.39, 0.29) is 17.5 Å². The number of hydrogen-bond donors (Lipinski definition) is 1. The number of hydrogen-bond acceptors (Lipinski definition) is 5. The second kappa shape index (κ2) is 5.90. The molecule has 0 atom stereocenters. The van der Waals surface area contributed by atoms with E-state index in [1.807, 2.05) is 62.4 Å². The molecule has 4 rings (SSSR count). The van der Waals surface area contributed by atoms with Gasteiger partial charge in [-0.2, -0.15) is 0 Å². The maximum absolute atomic E-state index is 12.7. The normalized spacial score (nSPS) is 11.0. The summed E-state index contributed by atoms with van der Waals surface area (Å²) in [6, 6.07) is 15.2. The van der Waals surface area contributed by atoms with Gasteiger partial charge in [-0.15, -0.1) is 0 Å². The molecule has 6 heteroatoms. The Hall–Kier alpha value is -3.41. The van der Waals surface area contributed by atoms with Crippen molar-refractivity contribution in [2.45, 2.75) is 13.8 Å². The van der Waals surface area contributed by atoms with Gasteiger partial charge in [0.1, 0.15) is 5.58 Å². The fraction of sp³-hybridized carbons (Fsp3) is 0.105. The van der Waals surface area contributed by atoms with Crippen molar-refractivity contribution in [1.29, 1.82) is 0 Å². The predicted molar refractivity (Wildman–Crippen MR) is 93.4 cm³/mol. The first-order chi connectivity index (χ1) is 12.1. The van der Waals surface area contributed by atoms with E-state index in [0.717, 1.165) is 22.1 Å². The summed E-state index contributed by atoms with van der Waals surface area (Å²) in [4.78, 5) is 12.7. The standard InChI is InChI=1S/C19H15N3O3/c1-11-8-9-14-12(2)17(24-15(14)10-11)19(23)20-18-16(21-25-22-18)13-6-4-3-5-7-13/h3-10H,1-2H3,(H,20,22,23). The summed E-state index contributed by atoms with van der Waals surface area (Å²) in [6.07, 6.45) is 0. The van der Waals surface area contributed by atoms with Crippen LogP contribution in [0.2, 0.25) is 0 Å². The molecule has 2 aromatic carbocycles. The molecule has 0 fully saturated rings. The highest BCUT2D eigenvalue weighted by atomic mass is 16.6. The third kappa shape index (κ3) is 2.67. The van der Waals surface area contributed by atoms with Gasteiger partial charge >= 0.3 is 0 Å². The van der Waals surface area contributed by atoms with E-state index < -0.39 is 0 Å². The number of nitrogens with one attached hydrogen (secondary N) is 1. The van der Waals surface area contributed by atoms with E-state index in [9.17, 15) is 4.79 Å². The molecule has 0 saturated heterocycles. The lowest BCUT2D eigenvalue weighted by molar-refractivity contribution is 0.0997. The van der Waals surface area contributed by atoms with Gasteiger partial charge in [0.15, 0.2) is 11.5 Å². The molecule has 2 aromatic heterocycles. The van der Waals surface area contributed by atoms with Crippen molar-refractivity contribution in [3.8, 4) is 11.3 Å². The number of amides is 1. The summed E-state index contributed by atoms with van der Waals surface area (Å²) >= 11 is 0. The highest BCUT2D eigenvalue weighted by molar-refractivity contribution is 6.07. The minimum Gasteiger partial charge on any atom is -0.451 e. The van der Waals surface area contributed by atoms with Gasteiger partial charge in [-0.05, 0) is 35.8 Å². The summed E-state index contributed by atoms with van der Waals surface area (Å²) in [7, 11) is 0. The van der Waals surface area contributed by atoms with Crippen LogP contribution in [0, 0.1) is 13.8 Å². The van der Waals surface area contributed by atoms with Gasteiger partial charge < -0.3 is 4.42 Å². The number of aryl methyl sites for hydroxylation is 2. The highest BCUT2D eigenvalue weighted by Gasteiger charge is 2.21. The van der Waals surface area contributed by atoms with Crippen LogP contribution < -0.4 is 5.32 Å². The molecule has 0 bridgehead atoms. The Morgan fingerprint density at radius 1 is 1.04 bits per heavy atom. The molecule has 0 saturated carbocycles. The molecule has 0 radical (unpaired) electrons. The first kappa shape index (κ1) is 15.1. The van der Waals surface area contributed by atoms with E-state index in [4.69, 9.17) is 9.05 Å². The first-order valence-corrected chi connectivity index (χ1v) is 7.82. The molecule has 1 amide bonds. The lowest BCUT2D eigenvalue weighted by atomic mass is 10.1. The Labute approximate surface area is 143 Å². The summed E-state index contributed by atoms with van der Waals surface area (Å²) in [5.41, 5.74) is 3.81. The van der Waals surface area contributed by atoms with Crippen molar-refractivity contribution in [1.82, 2.24) is 10.3 Å². The van der Waals surface area contributed by atoms with E-state index in [1.165, 1.54) is 0 Å². The van der Waals surface area contributed by atoms with Crippen LogP contribution in [-0.2, 0) is 0 Å². The number of fused-ring (bicyclic) bond motifs is 1. The molecule has 124 valence electrons. The molecular weight excluding hydrogens is 318 g/mol. The van der Waals surface area contributed by atoms with Gasteiger partial charge in [-0.25, -0.2) is 4.63 Å². The molecular formula is C19H15N3O3. The monoisotopic (exact) mass is 333 g/mol. The van der Waals surface area contributed by atoms with Crippen LogP contribution >= 0.6 is 0 Å². The van der Waals surface area contributed by atoms with Gasteiger partial charge in [-0.3, -0.25) is 10.1 Å². The Kier molecular flexibility index (Phi) is 3.57. The van der Waals surface area contributed by atoms with E-state index >= 15 is 0 Å². The second-order valence-electron chi connectivity index (χ2n) is 5.84. The third-order valence-corrected chi connectivity index (χ3v) is 4.07. The largest absolute Gasteiger partial charge is 0.451 e. The van der Waals surface area contributed by atoms with Crippen molar-refractivity contribution in [3.63, 3.8) is 0 Å². The van der Waals surface area contributed by atoms with Gasteiger partial charge in [0.05, 0.1) is 0 Å². The number of anilines is 1. The van der Waals surface area contributed by atoms with E-state index in [0.29, 0.717) is 11.3 Å². The average molecular weight is 333 g/mol. The van der Waals surface area contributed by atoms with Crippen LogP contribution in [0.4, 0.5) is 5.82 Å². The van der Waals surface area contributed by atoms with Gasteiger partial charge in [-0.1, -0.05) is 42.5 Å². The third-order valence-electron chi connectivity index (χ3n) is 4.07. The maximum Gasteiger partial charge on any atom is 0.292 e. The summed E-state index contributed by atoms with van der Waals surface area (Å²) in [6.45, 7) is 3.83. The number of carbonyl (C=O) groups excluding carboxylic acids is 1. The van der Waals surface area contributed by atoms with Gasteiger partial charge in [0.2, 0.25) is 5.82 Å². The molecule has 0 aliphatic carbocycles. The quantitative estimate of drug-likeness (QED) is 0.603. The van der Waals surface area contributed by atoms with Crippen LogP contribution in [-0.4, -0.2) is 16.2 Å². The Bertz CT molecular complexity index is 1060. The van der Waals surface area contributed by atoms with Crippen molar-refractivity contribution in [2.24, 2.45) is 0 Å². The summed E-state index contributed by atoms with van der Waals surface area (Å²) in [5.74, 6) is 0.120. The Balaban J connectivity index is 1.68. The van der Waals surface area contributed by atoms with Crippen molar-refractivity contribution in [2.75, 3.05) is 5.32 Å². The summed E-state index contributed by atoms with van der Waals surface area (Å²) < 4.78 is 10.5. The molecule has 0 aliphatic heterocycles. The predicted octanol–water partition coefficient (Wildman–Crippen LogP) is 4.35. The molecule has 25 heavy (non-hydrogen) atoms. The zero-order valence-electron chi connectivity index (χ0n) is 13.7. The minimum atomic E-state index is -0.390. The molecule has 2 heterocycles. The number of furan rings is 1. The maximum atomic E-state index is 12.7. The lowest BCUT2D eigenvalue weighted by Gasteiger charge is -2.01. The van der Waals surface area contributed by atoms with Crippen LogP contribution in [0.5, 0.6) is 0 Å². The first-order valence-electron chi connectivity index (χ1n) is 7.82.